The largest absolute Gasteiger partial charge is 0.503 e. The molecule has 6 nitrogen and oxygen atoms in total. The van der Waals surface area contributed by atoms with E-state index in [1.165, 1.54) is 7.05 Å². The number of hydrogen-bond acceptors (Lipinski definition) is 4. The van der Waals surface area contributed by atoms with Crippen LogP contribution in [-0.2, 0) is 0 Å². The maximum absolute atomic E-state index is 11.0. The Hall–Kier alpha value is -1.98. The molecule has 1 aromatic heterocycles. The zero-order valence-corrected chi connectivity index (χ0v) is 8.81. The highest BCUT2D eigenvalue weighted by molar-refractivity contribution is 5.92. The first-order valence-corrected chi connectivity index (χ1v) is 4.43. The molecule has 0 aliphatic rings. The molecule has 84 valence electrons. The summed E-state index contributed by atoms with van der Waals surface area (Å²) in [6.45, 7) is 4.00. The normalized spacial score (nSPS) is 8.73. The van der Waals surface area contributed by atoms with Gasteiger partial charge in [-0.2, -0.15) is 4.73 Å². The summed E-state index contributed by atoms with van der Waals surface area (Å²) in [4.78, 5) is 21.8. The molecule has 0 atom stereocenters. The number of hydrogen-bond donors (Lipinski definition) is 3. The smallest absolute Gasteiger partial charge is 0.271 e. The Labute approximate surface area is 86.7 Å². The molecule has 0 aromatic carbocycles. The van der Waals surface area contributed by atoms with E-state index in [-0.39, 0.29) is 5.69 Å². The van der Waals surface area contributed by atoms with Crippen LogP contribution in [0.3, 0.4) is 0 Å². The predicted octanol–water partition coefficient (Wildman–Crippen LogP) is 0.177. The minimum Gasteiger partial charge on any atom is -0.503 e. The number of nitrogens with zero attached hydrogens (tertiary/aromatic N) is 1. The zero-order valence-electron chi connectivity index (χ0n) is 8.81. The van der Waals surface area contributed by atoms with Crippen LogP contribution in [0.5, 0.6) is 5.75 Å². The molecule has 0 unspecified atom stereocenters. The van der Waals surface area contributed by atoms with Crippen LogP contribution in [-0.4, -0.2) is 28.0 Å². The van der Waals surface area contributed by atoms with Gasteiger partial charge in [0.05, 0.1) is 6.20 Å². The lowest BCUT2D eigenvalue weighted by atomic mass is 10.3. The highest BCUT2D eigenvalue weighted by atomic mass is 16.5. The summed E-state index contributed by atoms with van der Waals surface area (Å²) in [5.41, 5.74) is -0.950. The van der Waals surface area contributed by atoms with Gasteiger partial charge in [-0.05, 0) is 0 Å². The Morgan fingerprint density at radius 1 is 1.47 bits per heavy atom. The molecule has 0 aliphatic heterocycles. The molecule has 1 heterocycles. The van der Waals surface area contributed by atoms with Gasteiger partial charge >= 0.3 is 0 Å². The van der Waals surface area contributed by atoms with Crippen molar-refractivity contribution < 1.29 is 15.1 Å². The Morgan fingerprint density at radius 2 is 2.00 bits per heavy atom. The van der Waals surface area contributed by atoms with Gasteiger partial charge in [-0.1, -0.05) is 13.8 Å². The average molecular weight is 214 g/mol. The third kappa shape index (κ3) is 3.01. The van der Waals surface area contributed by atoms with E-state index in [1.54, 1.807) is 0 Å². The lowest BCUT2D eigenvalue weighted by molar-refractivity contribution is 0.0906. The first-order chi connectivity index (χ1) is 7.06. The molecular formula is C9H14N2O4. The molecular weight excluding hydrogens is 200 g/mol. The van der Waals surface area contributed by atoms with Gasteiger partial charge in [0.2, 0.25) is 5.43 Å². The fourth-order valence-electron chi connectivity index (χ4n) is 0.811. The van der Waals surface area contributed by atoms with Crippen LogP contribution in [0, 0.1) is 0 Å². The van der Waals surface area contributed by atoms with Gasteiger partial charge < -0.3 is 15.6 Å². The molecule has 0 radical (unpaired) electrons. The molecule has 1 aromatic rings. The topological polar surface area (TPSA) is 91.6 Å². The number of rotatable bonds is 1. The van der Waals surface area contributed by atoms with Gasteiger partial charge in [-0.25, -0.2) is 0 Å². The maximum atomic E-state index is 11.0. The van der Waals surface area contributed by atoms with Crippen LogP contribution >= 0.6 is 0 Å². The van der Waals surface area contributed by atoms with Crippen molar-refractivity contribution >= 4 is 5.91 Å². The van der Waals surface area contributed by atoms with Crippen molar-refractivity contribution in [2.45, 2.75) is 13.8 Å². The van der Waals surface area contributed by atoms with E-state index < -0.39 is 17.1 Å². The second-order valence-corrected chi connectivity index (χ2v) is 2.33. The van der Waals surface area contributed by atoms with E-state index in [1.807, 2.05) is 13.8 Å². The minimum absolute atomic E-state index is 0.231. The highest BCUT2D eigenvalue weighted by Gasteiger charge is 2.10. The van der Waals surface area contributed by atoms with Gasteiger partial charge in [-0.3, -0.25) is 9.59 Å². The number of aromatic nitrogens is 1. The first-order valence-electron chi connectivity index (χ1n) is 4.43. The molecule has 0 saturated carbocycles. The third-order valence-electron chi connectivity index (χ3n) is 1.47. The van der Waals surface area contributed by atoms with Crippen LogP contribution in [0.15, 0.2) is 17.1 Å². The minimum atomic E-state index is -0.719. The van der Waals surface area contributed by atoms with Crippen molar-refractivity contribution in [3.63, 3.8) is 0 Å². The van der Waals surface area contributed by atoms with Crippen molar-refractivity contribution in [3.8, 4) is 5.75 Å². The average Bonchev–Trinajstić information content (AvgIpc) is 2.25. The van der Waals surface area contributed by atoms with Crippen molar-refractivity contribution in [3.05, 3.63) is 28.2 Å². The Balaban J connectivity index is 0.000000921. The summed E-state index contributed by atoms with van der Waals surface area (Å²) >= 11 is 0. The maximum Gasteiger partial charge on any atom is 0.271 e. The summed E-state index contributed by atoms with van der Waals surface area (Å²) in [6, 6.07) is 0.841. The monoisotopic (exact) mass is 214 g/mol. The van der Waals surface area contributed by atoms with E-state index in [0.29, 0.717) is 4.73 Å². The number of nitrogens with one attached hydrogen (secondary N) is 1. The van der Waals surface area contributed by atoms with Crippen molar-refractivity contribution in [2.75, 3.05) is 7.05 Å². The van der Waals surface area contributed by atoms with Gasteiger partial charge in [0.15, 0.2) is 5.75 Å². The van der Waals surface area contributed by atoms with E-state index in [9.17, 15) is 9.59 Å². The Bertz CT molecular complexity index is 398. The number of pyridine rings is 1. The van der Waals surface area contributed by atoms with Crippen LogP contribution < -0.4 is 10.7 Å². The zero-order chi connectivity index (χ0) is 12.0. The van der Waals surface area contributed by atoms with E-state index >= 15 is 0 Å². The molecule has 0 spiro atoms. The first kappa shape index (κ1) is 13.0. The summed E-state index contributed by atoms with van der Waals surface area (Å²) < 4.78 is 0.384. The highest BCUT2D eigenvalue weighted by Crippen LogP contribution is 2.01. The van der Waals surface area contributed by atoms with Crippen molar-refractivity contribution in [1.29, 1.82) is 0 Å². The van der Waals surface area contributed by atoms with E-state index in [4.69, 9.17) is 10.3 Å². The van der Waals surface area contributed by atoms with Crippen LogP contribution in [0.1, 0.15) is 24.3 Å². The van der Waals surface area contributed by atoms with E-state index in [0.717, 1.165) is 12.3 Å². The molecule has 0 fully saturated rings. The summed E-state index contributed by atoms with van der Waals surface area (Å²) in [6.07, 6.45) is 0.757. The number of aromatic hydroxyl groups is 1. The van der Waals surface area contributed by atoms with Gasteiger partial charge in [0.1, 0.15) is 5.69 Å². The lowest BCUT2D eigenvalue weighted by Gasteiger charge is -2.04. The second kappa shape index (κ2) is 5.69. The SMILES string of the molecule is CC.CNC(=O)c1cc(=O)c(O)cn1O. The Morgan fingerprint density at radius 3 is 2.47 bits per heavy atom. The molecule has 6 heteroatoms. The van der Waals surface area contributed by atoms with Gasteiger partial charge in [0.25, 0.3) is 5.91 Å². The second-order valence-electron chi connectivity index (χ2n) is 2.33. The molecule has 15 heavy (non-hydrogen) atoms. The standard InChI is InChI=1S/C7H8N2O4.C2H6/c1-8-7(12)4-2-5(10)6(11)3-9(4)13;1-2/h2-3,11,13H,1H3,(H,8,12);1-2H3. The molecule has 1 amide bonds. The number of carbonyl (C=O) groups is 1. The van der Waals surface area contributed by atoms with Crippen LogP contribution in [0.4, 0.5) is 0 Å². The molecule has 3 N–H and O–H groups in total. The third-order valence-corrected chi connectivity index (χ3v) is 1.47. The van der Waals surface area contributed by atoms with Crippen molar-refractivity contribution in [1.82, 2.24) is 10.0 Å². The Kier molecular flexibility index (Phi) is 4.94. The fraction of sp³-hybridized carbons (Fsp3) is 0.333. The number of amides is 1. The lowest BCUT2D eigenvalue weighted by Crippen LogP contribution is -2.24. The fourth-order valence-corrected chi connectivity index (χ4v) is 0.811. The summed E-state index contributed by atoms with van der Waals surface area (Å²) in [5.74, 6) is -1.23. The van der Waals surface area contributed by atoms with Gasteiger partial charge in [-0.15, -0.1) is 0 Å². The van der Waals surface area contributed by atoms with Crippen molar-refractivity contribution in [2.24, 2.45) is 0 Å². The van der Waals surface area contributed by atoms with Crippen LogP contribution in [0.2, 0.25) is 0 Å². The molecule has 0 bridgehead atoms. The summed E-state index contributed by atoms with van der Waals surface area (Å²) in [7, 11) is 1.36. The quantitative estimate of drug-likeness (QED) is 0.581. The number of carbonyl (C=O) groups excluding carboxylic acids is 1. The molecule has 0 saturated heterocycles. The van der Waals surface area contributed by atoms with E-state index in [2.05, 4.69) is 5.32 Å². The predicted molar refractivity (Wildman–Crippen MR) is 54.3 cm³/mol. The van der Waals surface area contributed by atoms with Gasteiger partial charge in [0, 0.05) is 13.1 Å². The molecule has 0 aliphatic carbocycles. The molecule has 1 rings (SSSR count). The summed E-state index contributed by atoms with van der Waals surface area (Å²) in [5, 5.41) is 20.2. The van der Waals surface area contributed by atoms with Crippen LogP contribution in [0.25, 0.3) is 0 Å².